The largest absolute Gasteiger partial charge is 0.499 e. The molecule has 0 unspecified atom stereocenters. The highest BCUT2D eigenvalue weighted by atomic mass is 28.4. The highest BCUT2D eigenvalue weighted by Crippen LogP contribution is 2.41. The van der Waals surface area contributed by atoms with E-state index in [1.165, 1.54) is 24.8 Å². The Hall–Kier alpha value is -0.683. The topological polar surface area (TPSA) is 9.23 Å². The molecule has 1 nitrogen and oxygen atoms in total. The second kappa shape index (κ2) is 7.19. The van der Waals surface area contributed by atoms with E-state index >= 15 is 0 Å². The van der Waals surface area contributed by atoms with Gasteiger partial charge in [-0.05, 0) is 48.2 Å². The summed E-state index contributed by atoms with van der Waals surface area (Å²) in [7, 11) is -1.81. The van der Waals surface area contributed by atoms with E-state index in [4.69, 9.17) is 4.43 Å². The number of allylic oxidation sites excluding steroid dienone is 2. The first kappa shape index (κ1) is 16.4. The van der Waals surface area contributed by atoms with Crippen LogP contribution in [0.1, 0.15) is 67.2 Å². The molecule has 1 rings (SSSR count). The Labute approximate surface area is 120 Å². The van der Waals surface area contributed by atoms with Crippen molar-refractivity contribution in [2.45, 2.75) is 83.8 Å². The van der Waals surface area contributed by atoms with Crippen LogP contribution < -0.4 is 0 Å². The third-order valence-electron chi connectivity index (χ3n) is 4.44. The summed E-state index contributed by atoms with van der Waals surface area (Å²) in [4.78, 5) is 0. The Morgan fingerprint density at radius 1 is 1.00 bits per heavy atom. The van der Waals surface area contributed by atoms with Crippen molar-refractivity contribution in [3.05, 3.63) is 11.6 Å². The van der Waals surface area contributed by atoms with Gasteiger partial charge in [-0.25, -0.2) is 0 Å². The molecule has 0 radical (unpaired) electrons. The summed E-state index contributed by atoms with van der Waals surface area (Å²) in [5.41, 5.74) is 3.08. The lowest BCUT2D eigenvalue weighted by molar-refractivity contribution is 0.447. The van der Waals surface area contributed by atoms with E-state index in [-0.39, 0.29) is 0 Å². The Balaban J connectivity index is 2.84. The fourth-order valence-electron chi connectivity index (χ4n) is 3.48. The third kappa shape index (κ3) is 3.89. The van der Waals surface area contributed by atoms with E-state index in [1.54, 1.807) is 0 Å². The van der Waals surface area contributed by atoms with Crippen LogP contribution in [0.3, 0.4) is 0 Å². The van der Waals surface area contributed by atoms with E-state index in [0.717, 1.165) is 6.42 Å². The number of rotatable bonds is 4. The highest BCUT2D eigenvalue weighted by molar-refractivity contribution is 6.77. The van der Waals surface area contributed by atoms with Gasteiger partial charge in [0.1, 0.15) is 0 Å². The predicted molar refractivity (Wildman–Crippen MR) is 86.5 cm³/mol. The van der Waals surface area contributed by atoms with Crippen LogP contribution in [0.5, 0.6) is 0 Å². The van der Waals surface area contributed by atoms with E-state index < -0.39 is 8.32 Å². The van der Waals surface area contributed by atoms with Crippen molar-refractivity contribution in [2.75, 3.05) is 0 Å². The Kier molecular flexibility index (Phi) is 6.20. The Morgan fingerprint density at radius 3 is 2.00 bits per heavy atom. The van der Waals surface area contributed by atoms with Crippen LogP contribution in [0, 0.1) is 12.0 Å². The van der Waals surface area contributed by atoms with Crippen molar-refractivity contribution >= 4 is 8.32 Å². The molecule has 0 fully saturated rings. The molecule has 0 bridgehead atoms. The fraction of sp³-hybridized carbons (Fsp3) is 0.765. The molecule has 0 saturated heterocycles. The second-order valence-electron chi connectivity index (χ2n) is 6.62. The van der Waals surface area contributed by atoms with Crippen LogP contribution in [0.15, 0.2) is 11.6 Å². The van der Waals surface area contributed by atoms with Gasteiger partial charge in [-0.3, -0.25) is 0 Å². The molecular formula is C17H30OSi. The summed E-state index contributed by atoms with van der Waals surface area (Å²) < 4.78 is 6.25. The van der Waals surface area contributed by atoms with Gasteiger partial charge in [0.05, 0.1) is 6.11 Å². The summed E-state index contributed by atoms with van der Waals surface area (Å²) >= 11 is 0. The molecule has 1 aliphatic rings. The van der Waals surface area contributed by atoms with E-state index in [2.05, 4.69) is 59.6 Å². The lowest BCUT2D eigenvalue weighted by Gasteiger charge is -2.39. The van der Waals surface area contributed by atoms with Crippen LogP contribution in [0.25, 0.3) is 0 Å². The summed E-state index contributed by atoms with van der Waals surface area (Å²) in [5, 5.41) is 0. The van der Waals surface area contributed by atoms with Gasteiger partial charge in [0.15, 0.2) is 0 Å². The van der Waals surface area contributed by atoms with Crippen molar-refractivity contribution in [2.24, 2.45) is 0 Å². The molecule has 0 atom stereocenters. The molecule has 0 aromatic carbocycles. The maximum atomic E-state index is 6.25. The van der Waals surface area contributed by atoms with Gasteiger partial charge in [-0.1, -0.05) is 47.6 Å². The quantitative estimate of drug-likeness (QED) is 0.477. The normalized spacial score (nSPS) is 16.4. The smallest absolute Gasteiger partial charge is 0.272 e. The monoisotopic (exact) mass is 278 g/mol. The molecule has 19 heavy (non-hydrogen) atoms. The molecule has 108 valence electrons. The van der Waals surface area contributed by atoms with Crippen LogP contribution in [0.4, 0.5) is 0 Å². The Bertz CT molecular complexity index is 347. The third-order valence-corrected chi connectivity index (χ3v) is 10.3. The summed E-state index contributed by atoms with van der Waals surface area (Å²) in [5.74, 6) is 3.27. The highest BCUT2D eigenvalue weighted by Gasteiger charge is 2.46. The SMILES string of the molecule is CC(C)[Si](OC#CC1=CCCCC1)(C(C)C)C(C)C. The zero-order valence-corrected chi connectivity index (χ0v) is 14.5. The first-order valence-electron chi connectivity index (χ1n) is 7.79. The first-order valence-corrected chi connectivity index (χ1v) is 9.93. The molecule has 0 aromatic heterocycles. The number of hydrogen-bond donors (Lipinski definition) is 0. The molecule has 2 heteroatoms. The van der Waals surface area contributed by atoms with E-state index in [9.17, 15) is 0 Å². The first-order chi connectivity index (χ1) is 8.91. The molecule has 0 N–H and O–H groups in total. The van der Waals surface area contributed by atoms with Gasteiger partial charge in [0.2, 0.25) is 0 Å². The molecule has 0 aromatic rings. The van der Waals surface area contributed by atoms with Gasteiger partial charge in [-0.2, -0.15) is 0 Å². The van der Waals surface area contributed by atoms with Gasteiger partial charge >= 0.3 is 0 Å². The molecule has 0 amide bonds. The van der Waals surface area contributed by atoms with Crippen LogP contribution in [0.2, 0.25) is 16.6 Å². The summed E-state index contributed by atoms with van der Waals surface area (Å²) in [6, 6.07) is 0. The molecule has 0 saturated carbocycles. The standard InChI is InChI=1S/C17H30OSi/c1-14(2)19(15(3)4,16(5)6)18-13-12-17-10-8-7-9-11-17/h10,14-16H,7-9,11H2,1-6H3. The number of hydrogen-bond acceptors (Lipinski definition) is 1. The Morgan fingerprint density at radius 2 is 1.58 bits per heavy atom. The van der Waals surface area contributed by atoms with Gasteiger partial charge in [-0.15, -0.1) is 0 Å². The van der Waals surface area contributed by atoms with Crippen LogP contribution in [-0.4, -0.2) is 8.32 Å². The van der Waals surface area contributed by atoms with Crippen molar-refractivity contribution < 1.29 is 4.43 Å². The van der Waals surface area contributed by atoms with E-state index in [1.807, 2.05) is 0 Å². The molecular weight excluding hydrogens is 248 g/mol. The minimum atomic E-state index is -1.81. The predicted octanol–water partition coefficient (Wildman–Crippen LogP) is 5.64. The second-order valence-corrected chi connectivity index (χ2v) is 12.0. The minimum Gasteiger partial charge on any atom is -0.499 e. The maximum absolute atomic E-state index is 6.25. The van der Waals surface area contributed by atoms with Crippen LogP contribution >= 0.6 is 0 Å². The van der Waals surface area contributed by atoms with Gasteiger partial charge in [0.25, 0.3) is 8.32 Å². The summed E-state index contributed by atoms with van der Waals surface area (Å²) in [6.07, 6.45) is 10.3. The minimum absolute atomic E-state index is 0.599. The van der Waals surface area contributed by atoms with Crippen LogP contribution in [-0.2, 0) is 4.43 Å². The molecule has 0 aliphatic heterocycles. The van der Waals surface area contributed by atoms with Crippen molar-refractivity contribution in [3.63, 3.8) is 0 Å². The van der Waals surface area contributed by atoms with Gasteiger partial charge in [0, 0.05) is 5.57 Å². The van der Waals surface area contributed by atoms with Gasteiger partial charge < -0.3 is 4.43 Å². The zero-order valence-electron chi connectivity index (χ0n) is 13.5. The van der Waals surface area contributed by atoms with Crippen molar-refractivity contribution in [1.29, 1.82) is 0 Å². The average Bonchev–Trinajstić information content (AvgIpc) is 2.34. The summed E-state index contributed by atoms with van der Waals surface area (Å²) in [6.45, 7) is 13.8. The van der Waals surface area contributed by atoms with Crippen molar-refractivity contribution in [3.8, 4) is 12.0 Å². The maximum Gasteiger partial charge on any atom is 0.272 e. The lowest BCUT2D eigenvalue weighted by Crippen LogP contribution is -2.46. The average molecular weight is 279 g/mol. The zero-order chi connectivity index (χ0) is 14.5. The van der Waals surface area contributed by atoms with Crippen molar-refractivity contribution in [1.82, 2.24) is 0 Å². The van der Waals surface area contributed by atoms with E-state index in [0.29, 0.717) is 16.6 Å². The molecule has 1 aliphatic carbocycles. The molecule has 0 spiro atoms. The lowest BCUT2D eigenvalue weighted by atomic mass is 10.0. The fourth-order valence-corrected chi connectivity index (χ4v) is 8.42. The molecule has 0 heterocycles.